The Morgan fingerprint density at radius 1 is 1.00 bits per heavy atom. The average Bonchev–Trinajstić information content (AvgIpc) is 2.66. The van der Waals surface area contributed by atoms with Crippen LogP contribution in [0.1, 0.15) is 64.0 Å². The lowest BCUT2D eigenvalue weighted by molar-refractivity contribution is -0.165. The second-order valence-electron chi connectivity index (χ2n) is 9.73. The van der Waals surface area contributed by atoms with Crippen molar-refractivity contribution in [3.63, 3.8) is 0 Å². The highest BCUT2D eigenvalue weighted by atomic mass is 19.4. The first-order valence-electron chi connectivity index (χ1n) is 10.7. The van der Waals surface area contributed by atoms with Gasteiger partial charge in [0.1, 0.15) is 0 Å². The van der Waals surface area contributed by atoms with Crippen LogP contribution in [-0.4, -0.2) is 40.0 Å². The average molecular weight is 484 g/mol. The maximum absolute atomic E-state index is 13.0. The second-order valence-corrected chi connectivity index (χ2v) is 9.73. The van der Waals surface area contributed by atoms with Crippen molar-refractivity contribution in [2.24, 2.45) is 11.3 Å². The van der Waals surface area contributed by atoms with E-state index in [1.165, 1.54) is 0 Å². The molecule has 2 rings (SSSR count). The zero-order valence-corrected chi connectivity index (χ0v) is 18.7. The quantitative estimate of drug-likeness (QED) is 0.357. The minimum absolute atomic E-state index is 0.00811. The molecule has 1 atom stereocenters. The minimum Gasteiger partial charge on any atom is -0.391 e. The molecule has 0 unspecified atom stereocenters. The second kappa shape index (κ2) is 10.2. The minimum atomic E-state index is -4.99. The van der Waals surface area contributed by atoms with Crippen LogP contribution in [0.4, 0.5) is 32.0 Å². The highest BCUT2D eigenvalue weighted by molar-refractivity contribution is 5.91. The van der Waals surface area contributed by atoms with Gasteiger partial charge in [0.25, 0.3) is 0 Å². The number of nitrogens with zero attached hydrogens (tertiary/aromatic N) is 1. The molecular weight excluding hydrogens is 454 g/mol. The van der Waals surface area contributed by atoms with Crippen molar-refractivity contribution in [3.8, 4) is 0 Å². The predicted octanol–water partition coefficient (Wildman–Crippen LogP) is 5.71. The first-order chi connectivity index (χ1) is 15.0. The fourth-order valence-electron chi connectivity index (χ4n) is 3.75. The van der Waals surface area contributed by atoms with E-state index in [4.69, 9.17) is 0 Å². The number of nitrogens with one attached hydrogen (secondary N) is 1. The van der Waals surface area contributed by atoms with Crippen LogP contribution in [0.5, 0.6) is 0 Å². The largest absolute Gasteiger partial charge is 0.416 e. The summed E-state index contributed by atoms with van der Waals surface area (Å²) in [5.74, 6) is -0.787. The monoisotopic (exact) mass is 484 g/mol. The molecule has 0 heterocycles. The van der Waals surface area contributed by atoms with Crippen LogP contribution in [0.15, 0.2) is 18.2 Å². The van der Waals surface area contributed by atoms with Gasteiger partial charge in [0, 0.05) is 18.2 Å². The molecule has 1 aromatic carbocycles. The van der Waals surface area contributed by atoms with E-state index in [0.717, 1.165) is 5.06 Å². The molecule has 0 radical (unpaired) electrons. The van der Waals surface area contributed by atoms with E-state index in [9.17, 15) is 41.5 Å². The van der Waals surface area contributed by atoms with Crippen molar-refractivity contribution in [1.82, 2.24) is 5.06 Å². The Bertz CT molecular complexity index is 780. The van der Waals surface area contributed by atoms with Crippen LogP contribution in [0.25, 0.3) is 0 Å². The summed E-state index contributed by atoms with van der Waals surface area (Å²) < 4.78 is 77.8. The van der Waals surface area contributed by atoms with Gasteiger partial charge in [-0.25, -0.2) is 0 Å². The van der Waals surface area contributed by atoms with Crippen molar-refractivity contribution in [3.05, 3.63) is 29.3 Å². The molecule has 1 amide bonds. The Labute approximate surface area is 188 Å². The summed E-state index contributed by atoms with van der Waals surface area (Å²) in [5, 5.41) is 23.7. The third kappa shape index (κ3) is 8.15. The summed E-state index contributed by atoms with van der Waals surface area (Å²) in [6.45, 7) is 5.63. The Balaban J connectivity index is 1.95. The van der Waals surface area contributed by atoms with Crippen LogP contribution >= 0.6 is 0 Å². The van der Waals surface area contributed by atoms with Crippen LogP contribution in [0, 0.1) is 11.3 Å². The van der Waals surface area contributed by atoms with Gasteiger partial charge >= 0.3 is 12.4 Å². The number of carbonyl (C=O) groups excluding carboxylic acids is 1. The lowest BCUT2D eigenvalue weighted by Gasteiger charge is -2.36. The number of rotatable bonds is 6. The Morgan fingerprint density at radius 2 is 1.48 bits per heavy atom. The van der Waals surface area contributed by atoms with Gasteiger partial charge in [0.15, 0.2) is 0 Å². The summed E-state index contributed by atoms with van der Waals surface area (Å²) in [6.07, 6.45) is -8.57. The van der Waals surface area contributed by atoms with Gasteiger partial charge in [-0.05, 0) is 55.2 Å². The molecule has 1 fully saturated rings. The van der Waals surface area contributed by atoms with Gasteiger partial charge in [-0.3, -0.25) is 4.79 Å². The number of hydrogen-bond donors (Lipinski definition) is 3. The first kappa shape index (κ1) is 27.4. The predicted molar refractivity (Wildman–Crippen MR) is 109 cm³/mol. The molecule has 1 saturated carbocycles. The zero-order valence-electron chi connectivity index (χ0n) is 18.7. The third-order valence-corrected chi connectivity index (χ3v) is 5.94. The van der Waals surface area contributed by atoms with E-state index >= 15 is 0 Å². The SMILES string of the molecule is CC(C)(C)[C@H](O)CN(O)C1CCC(CC(=O)Nc2cc(C(F)(F)F)cc(C(F)(F)F)c2)CC1. The zero-order chi connectivity index (χ0) is 25.2. The molecule has 11 heteroatoms. The van der Waals surface area contributed by atoms with Gasteiger partial charge < -0.3 is 15.6 Å². The van der Waals surface area contributed by atoms with E-state index in [0.29, 0.717) is 37.8 Å². The van der Waals surface area contributed by atoms with Gasteiger partial charge in [0.05, 0.1) is 23.8 Å². The highest BCUT2D eigenvalue weighted by Crippen LogP contribution is 2.38. The number of halogens is 6. The molecule has 188 valence electrons. The van der Waals surface area contributed by atoms with Crippen LogP contribution in [-0.2, 0) is 17.1 Å². The summed E-state index contributed by atoms with van der Waals surface area (Å²) in [6, 6.07) is 0.774. The lowest BCUT2D eigenvalue weighted by Crippen LogP contribution is -2.44. The molecule has 0 spiro atoms. The van der Waals surface area contributed by atoms with Crippen LogP contribution in [0.3, 0.4) is 0 Å². The summed E-state index contributed by atoms with van der Waals surface area (Å²) in [4.78, 5) is 12.3. The van der Waals surface area contributed by atoms with Gasteiger partial charge in [0.2, 0.25) is 5.91 Å². The number of carbonyl (C=O) groups is 1. The van der Waals surface area contributed by atoms with E-state index < -0.39 is 46.6 Å². The summed E-state index contributed by atoms with van der Waals surface area (Å²) >= 11 is 0. The van der Waals surface area contributed by atoms with Crippen molar-refractivity contribution >= 4 is 11.6 Å². The highest BCUT2D eigenvalue weighted by Gasteiger charge is 2.37. The van der Waals surface area contributed by atoms with Gasteiger partial charge in [-0.15, -0.1) is 0 Å². The van der Waals surface area contributed by atoms with Crippen molar-refractivity contribution in [2.75, 3.05) is 11.9 Å². The molecule has 1 aliphatic carbocycles. The topological polar surface area (TPSA) is 72.8 Å². The molecule has 1 aromatic rings. The molecule has 1 aliphatic rings. The number of benzene rings is 1. The number of aliphatic hydroxyl groups is 1. The molecular formula is C22H30F6N2O3. The Kier molecular flexibility index (Phi) is 8.46. The molecule has 0 bridgehead atoms. The van der Waals surface area contributed by atoms with Gasteiger partial charge in [-0.1, -0.05) is 20.8 Å². The van der Waals surface area contributed by atoms with Crippen LogP contribution in [0.2, 0.25) is 0 Å². The number of hydroxylamine groups is 2. The summed E-state index contributed by atoms with van der Waals surface area (Å²) in [5.41, 5.74) is -3.94. The lowest BCUT2D eigenvalue weighted by atomic mass is 9.83. The van der Waals surface area contributed by atoms with E-state index in [1.807, 2.05) is 20.8 Å². The third-order valence-electron chi connectivity index (χ3n) is 5.94. The molecule has 3 N–H and O–H groups in total. The van der Waals surface area contributed by atoms with E-state index in [1.54, 1.807) is 0 Å². The van der Waals surface area contributed by atoms with E-state index in [-0.39, 0.29) is 31.0 Å². The Morgan fingerprint density at radius 3 is 1.91 bits per heavy atom. The smallest absolute Gasteiger partial charge is 0.391 e. The molecule has 33 heavy (non-hydrogen) atoms. The standard InChI is InChI=1S/C22H30F6N2O3/c1-20(2,3)18(31)12-30(33)17-6-4-13(5-7-17)8-19(32)29-16-10-14(21(23,24)25)9-15(11-16)22(26,27)28/h9-11,13,17-18,31,33H,4-8,12H2,1-3H3,(H,29,32)/t13?,17?,18-/m1/s1. The van der Waals surface area contributed by atoms with Crippen molar-refractivity contribution < 1.29 is 41.5 Å². The van der Waals surface area contributed by atoms with Crippen LogP contribution < -0.4 is 5.32 Å². The maximum Gasteiger partial charge on any atom is 0.416 e. The number of amides is 1. The maximum atomic E-state index is 13.0. The summed E-state index contributed by atoms with van der Waals surface area (Å²) in [7, 11) is 0. The van der Waals surface area contributed by atoms with Gasteiger partial charge in [-0.2, -0.15) is 31.4 Å². The number of hydrogen-bond acceptors (Lipinski definition) is 4. The molecule has 0 aromatic heterocycles. The number of anilines is 1. The molecule has 0 aliphatic heterocycles. The normalized spacial score (nSPS) is 21.2. The Hall–Kier alpha value is -1.85. The first-order valence-corrected chi connectivity index (χ1v) is 10.7. The molecule has 0 saturated heterocycles. The number of alkyl halides is 6. The number of aliphatic hydroxyl groups excluding tert-OH is 1. The van der Waals surface area contributed by atoms with E-state index in [2.05, 4.69) is 5.32 Å². The molecule has 5 nitrogen and oxygen atoms in total. The fraction of sp³-hybridized carbons (Fsp3) is 0.682. The van der Waals surface area contributed by atoms with Crippen molar-refractivity contribution in [2.45, 2.75) is 77.4 Å². The fourth-order valence-corrected chi connectivity index (χ4v) is 3.75. The van der Waals surface area contributed by atoms with Crippen molar-refractivity contribution in [1.29, 1.82) is 0 Å².